The molecule has 0 fully saturated rings. The number of methoxy groups -OCH3 is 1. The Morgan fingerprint density at radius 1 is 1.03 bits per heavy atom. The van der Waals surface area contributed by atoms with Crippen molar-refractivity contribution in [1.82, 2.24) is 15.3 Å². The molecule has 2 amide bonds. The number of carbonyl (C=O) groups is 2. The maximum Gasteiger partial charge on any atom is 0.246 e. The summed E-state index contributed by atoms with van der Waals surface area (Å²) >= 11 is 0. The SMILES string of the molecule is COc1ccc(/C=C/C(=O)NC(C)C(=O)Nc2cccc(-c3nc4ccccc4[nH]3)c2)cc1. The second kappa shape index (κ2) is 9.82. The molecule has 7 heteroatoms. The molecule has 0 bridgehead atoms. The summed E-state index contributed by atoms with van der Waals surface area (Å²) in [5.41, 5.74) is 4.14. The van der Waals surface area contributed by atoms with Crippen LogP contribution in [0.25, 0.3) is 28.5 Å². The molecule has 0 aliphatic rings. The van der Waals surface area contributed by atoms with Gasteiger partial charge in [0.2, 0.25) is 11.8 Å². The fourth-order valence-corrected chi connectivity index (χ4v) is 3.30. The summed E-state index contributed by atoms with van der Waals surface area (Å²) in [4.78, 5) is 32.7. The zero-order chi connectivity index (χ0) is 23.2. The number of benzene rings is 3. The van der Waals surface area contributed by atoms with E-state index in [1.54, 1.807) is 26.2 Å². The molecule has 4 aromatic rings. The fraction of sp³-hybridized carbons (Fsp3) is 0.115. The van der Waals surface area contributed by atoms with Crippen LogP contribution in [0, 0.1) is 0 Å². The van der Waals surface area contributed by atoms with E-state index in [1.165, 1.54) is 6.08 Å². The van der Waals surface area contributed by atoms with Crippen molar-refractivity contribution in [2.75, 3.05) is 12.4 Å². The number of aromatic amines is 1. The maximum atomic E-state index is 12.6. The highest BCUT2D eigenvalue weighted by atomic mass is 16.5. The molecular formula is C26H24N4O3. The first kappa shape index (κ1) is 21.8. The molecule has 1 heterocycles. The Morgan fingerprint density at radius 3 is 2.58 bits per heavy atom. The monoisotopic (exact) mass is 440 g/mol. The second-order valence-corrected chi connectivity index (χ2v) is 7.51. The molecule has 1 aromatic heterocycles. The molecule has 0 saturated carbocycles. The number of anilines is 1. The van der Waals surface area contributed by atoms with Gasteiger partial charge in [-0.05, 0) is 55.0 Å². The average molecular weight is 441 g/mol. The molecule has 0 radical (unpaired) electrons. The minimum Gasteiger partial charge on any atom is -0.497 e. The molecule has 0 aliphatic heterocycles. The number of carbonyl (C=O) groups excluding carboxylic acids is 2. The minimum absolute atomic E-state index is 0.317. The molecule has 33 heavy (non-hydrogen) atoms. The van der Waals surface area contributed by atoms with Crippen molar-refractivity contribution in [2.45, 2.75) is 13.0 Å². The normalized spacial score (nSPS) is 11.9. The molecule has 3 aromatic carbocycles. The maximum absolute atomic E-state index is 12.6. The van der Waals surface area contributed by atoms with Crippen LogP contribution in [-0.2, 0) is 9.59 Å². The molecule has 166 valence electrons. The van der Waals surface area contributed by atoms with Crippen molar-refractivity contribution in [1.29, 1.82) is 0 Å². The fourth-order valence-electron chi connectivity index (χ4n) is 3.30. The van der Waals surface area contributed by atoms with Crippen LogP contribution in [0.1, 0.15) is 12.5 Å². The number of rotatable bonds is 7. The number of H-pyrrole nitrogens is 1. The molecule has 3 N–H and O–H groups in total. The number of imidazole rings is 1. The lowest BCUT2D eigenvalue weighted by Crippen LogP contribution is -2.40. The first-order valence-electron chi connectivity index (χ1n) is 10.5. The van der Waals surface area contributed by atoms with Crippen LogP contribution in [-0.4, -0.2) is 34.9 Å². The molecule has 0 saturated heterocycles. The van der Waals surface area contributed by atoms with Gasteiger partial charge in [0.25, 0.3) is 0 Å². The van der Waals surface area contributed by atoms with Crippen LogP contribution in [0.5, 0.6) is 5.75 Å². The number of hydrogen-bond donors (Lipinski definition) is 3. The topological polar surface area (TPSA) is 96.1 Å². The first-order chi connectivity index (χ1) is 16.0. The third-order valence-electron chi connectivity index (χ3n) is 5.09. The van der Waals surface area contributed by atoms with Gasteiger partial charge < -0.3 is 20.4 Å². The largest absolute Gasteiger partial charge is 0.497 e. The predicted octanol–water partition coefficient (Wildman–Crippen LogP) is 4.40. The van der Waals surface area contributed by atoms with E-state index in [4.69, 9.17) is 4.74 Å². The van der Waals surface area contributed by atoms with Gasteiger partial charge in [-0.15, -0.1) is 0 Å². The summed E-state index contributed by atoms with van der Waals surface area (Å²) in [6.45, 7) is 1.64. The van der Waals surface area contributed by atoms with E-state index >= 15 is 0 Å². The Morgan fingerprint density at radius 2 is 1.82 bits per heavy atom. The lowest BCUT2D eigenvalue weighted by atomic mass is 10.2. The molecule has 0 spiro atoms. The van der Waals surface area contributed by atoms with Crippen LogP contribution in [0.4, 0.5) is 5.69 Å². The number of nitrogens with zero attached hydrogens (tertiary/aromatic N) is 1. The lowest BCUT2D eigenvalue weighted by Gasteiger charge is -2.13. The van der Waals surface area contributed by atoms with Crippen molar-refractivity contribution >= 4 is 34.6 Å². The van der Waals surface area contributed by atoms with Crippen LogP contribution in [0.2, 0.25) is 0 Å². The van der Waals surface area contributed by atoms with Gasteiger partial charge in [0, 0.05) is 17.3 Å². The Kier molecular flexibility index (Phi) is 6.50. The van der Waals surface area contributed by atoms with Gasteiger partial charge in [-0.1, -0.05) is 36.4 Å². The van der Waals surface area contributed by atoms with Crippen LogP contribution < -0.4 is 15.4 Å². The second-order valence-electron chi connectivity index (χ2n) is 7.51. The lowest BCUT2D eigenvalue weighted by molar-refractivity contribution is -0.123. The van der Waals surface area contributed by atoms with Gasteiger partial charge in [0.05, 0.1) is 18.1 Å². The first-order valence-corrected chi connectivity index (χ1v) is 10.5. The van der Waals surface area contributed by atoms with E-state index < -0.39 is 6.04 Å². The molecular weight excluding hydrogens is 416 g/mol. The number of nitrogens with one attached hydrogen (secondary N) is 3. The summed E-state index contributed by atoms with van der Waals surface area (Å²) < 4.78 is 5.12. The zero-order valence-corrected chi connectivity index (χ0v) is 18.3. The van der Waals surface area contributed by atoms with E-state index in [-0.39, 0.29) is 11.8 Å². The smallest absolute Gasteiger partial charge is 0.246 e. The quantitative estimate of drug-likeness (QED) is 0.371. The third kappa shape index (κ3) is 5.46. The van der Waals surface area contributed by atoms with Crippen molar-refractivity contribution in [3.63, 3.8) is 0 Å². The van der Waals surface area contributed by atoms with Gasteiger partial charge >= 0.3 is 0 Å². The van der Waals surface area contributed by atoms with Crippen LogP contribution in [0.3, 0.4) is 0 Å². The third-order valence-corrected chi connectivity index (χ3v) is 5.09. The Bertz CT molecular complexity index is 1280. The summed E-state index contributed by atoms with van der Waals surface area (Å²) in [6, 6.07) is 21.8. The number of fused-ring (bicyclic) bond motifs is 1. The van der Waals surface area contributed by atoms with E-state index in [0.29, 0.717) is 5.69 Å². The zero-order valence-electron chi connectivity index (χ0n) is 18.3. The van der Waals surface area contributed by atoms with Crippen molar-refractivity contribution in [3.05, 3.63) is 84.4 Å². The summed E-state index contributed by atoms with van der Waals surface area (Å²) in [7, 11) is 1.60. The van der Waals surface area contributed by atoms with E-state index in [9.17, 15) is 9.59 Å². The van der Waals surface area contributed by atoms with Crippen LogP contribution in [0.15, 0.2) is 78.9 Å². The Balaban J connectivity index is 1.36. The van der Waals surface area contributed by atoms with Crippen molar-refractivity contribution in [2.24, 2.45) is 0 Å². The highest BCUT2D eigenvalue weighted by Crippen LogP contribution is 2.23. The van der Waals surface area contributed by atoms with Gasteiger partial charge in [0.1, 0.15) is 17.6 Å². The number of hydrogen-bond acceptors (Lipinski definition) is 4. The number of amides is 2. The summed E-state index contributed by atoms with van der Waals surface area (Å²) in [5, 5.41) is 5.52. The van der Waals surface area contributed by atoms with Crippen molar-refractivity contribution in [3.8, 4) is 17.1 Å². The molecule has 7 nitrogen and oxygen atoms in total. The average Bonchev–Trinajstić information content (AvgIpc) is 3.28. The van der Waals surface area contributed by atoms with E-state index in [1.807, 2.05) is 66.7 Å². The summed E-state index contributed by atoms with van der Waals surface area (Å²) in [5.74, 6) is 0.788. The van der Waals surface area contributed by atoms with Gasteiger partial charge in [0.15, 0.2) is 0 Å². The molecule has 1 unspecified atom stereocenters. The highest BCUT2D eigenvalue weighted by Gasteiger charge is 2.15. The van der Waals surface area contributed by atoms with Crippen molar-refractivity contribution < 1.29 is 14.3 Å². The number of ether oxygens (including phenoxy) is 1. The van der Waals surface area contributed by atoms with Gasteiger partial charge in [-0.2, -0.15) is 0 Å². The van der Waals surface area contributed by atoms with Crippen LogP contribution >= 0.6 is 0 Å². The predicted molar refractivity (Wildman–Crippen MR) is 130 cm³/mol. The standard InChI is InChI=1S/C26H24N4O3/c1-17(27-24(31)15-12-18-10-13-21(33-2)14-11-18)26(32)28-20-7-5-6-19(16-20)25-29-22-8-3-4-9-23(22)30-25/h3-17H,1-2H3,(H,27,31)(H,28,32)(H,29,30)/b15-12+. The van der Waals surface area contributed by atoms with Gasteiger partial charge in [-0.25, -0.2) is 4.98 Å². The summed E-state index contributed by atoms with van der Waals surface area (Å²) in [6.07, 6.45) is 3.07. The van der Waals surface area contributed by atoms with Gasteiger partial charge in [-0.3, -0.25) is 9.59 Å². The highest BCUT2D eigenvalue weighted by molar-refractivity contribution is 6.00. The number of aromatic nitrogens is 2. The van der Waals surface area contributed by atoms with E-state index in [2.05, 4.69) is 20.6 Å². The Labute approximate surface area is 191 Å². The molecule has 1 atom stereocenters. The molecule has 4 rings (SSSR count). The van der Waals surface area contributed by atoms with E-state index in [0.717, 1.165) is 33.7 Å². The number of para-hydroxylation sites is 2. The minimum atomic E-state index is -0.715. The Hall–Kier alpha value is -4.39. The molecule has 0 aliphatic carbocycles.